The van der Waals surface area contributed by atoms with Crippen molar-refractivity contribution in [3.05, 3.63) is 28.1 Å². The molecule has 0 fully saturated rings. The fourth-order valence-corrected chi connectivity index (χ4v) is 2.92. The number of nitrogen functional groups attached to an aromatic ring is 1. The summed E-state index contributed by atoms with van der Waals surface area (Å²) in [6.45, 7) is 0.937. The van der Waals surface area contributed by atoms with Crippen LogP contribution in [-0.4, -0.2) is 26.2 Å². The molecule has 1 amide bonds. The average molecular weight is 285 g/mol. The Morgan fingerprint density at radius 2 is 2.33 bits per heavy atom. The lowest BCUT2D eigenvalue weighted by molar-refractivity contribution is 0.0942. The number of hydrogen-bond donors (Lipinski definition) is 2. The smallest absolute Gasteiger partial charge is 0.263 e. The van der Waals surface area contributed by atoms with Crippen LogP contribution in [0, 0.1) is 0 Å². The monoisotopic (exact) mass is 284 g/mol. The zero-order valence-corrected chi connectivity index (χ0v) is 11.4. The molecule has 2 aromatic rings. The van der Waals surface area contributed by atoms with E-state index in [1.165, 1.54) is 11.3 Å². The van der Waals surface area contributed by atoms with Gasteiger partial charge >= 0.3 is 0 Å². The van der Waals surface area contributed by atoms with E-state index in [9.17, 15) is 4.79 Å². The first kappa shape index (κ1) is 13.1. The molecule has 1 aromatic heterocycles. The molecule has 18 heavy (non-hydrogen) atoms. The summed E-state index contributed by atoms with van der Waals surface area (Å²) in [4.78, 5) is 12.4. The number of carbonyl (C=O) groups is 1. The molecule has 96 valence electrons. The number of amides is 1. The maximum Gasteiger partial charge on any atom is 0.263 e. The van der Waals surface area contributed by atoms with Gasteiger partial charge in [-0.3, -0.25) is 4.79 Å². The minimum Gasteiger partial charge on any atom is -0.397 e. The number of nitrogens with one attached hydrogen (secondary N) is 1. The number of nitrogens with two attached hydrogens (primary N) is 1. The van der Waals surface area contributed by atoms with Crippen LogP contribution >= 0.6 is 22.9 Å². The molecular formula is C12H13ClN2O2S. The predicted molar refractivity (Wildman–Crippen MR) is 75.5 cm³/mol. The van der Waals surface area contributed by atoms with Crippen molar-refractivity contribution in [2.45, 2.75) is 0 Å². The van der Waals surface area contributed by atoms with Crippen LogP contribution in [0.2, 0.25) is 5.02 Å². The number of hydrogen-bond acceptors (Lipinski definition) is 4. The lowest BCUT2D eigenvalue weighted by Gasteiger charge is -2.02. The van der Waals surface area contributed by atoms with E-state index in [0.29, 0.717) is 28.7 Å². The van der Waals surface area contributed by atoms with E-state index in [2.05, 4.69) is 5.32 Å². The lowest BCUT2D eigenvalue weighted by Crippen LogP contribution is -2.26. The van der Waals surface area contributed by atoms with Crippen molar-refractivity contribution >= 4 is 44.6 Å². The molecule has 1 heterocycles. The highest BCUT2D eigenvalue weighted by Gasteiger charge is 2.15. The molecule has 0 unspecified atom stereocenters. The van der Waals surface area contributed by atoms with E-state index in [1.807, 2.05) is 12.1 Å². The fourth-order valence-electron chi connectivity index (χ4n) is 1.61. The standard InChI is InChI=1S/C12H13ClN2O2S/c1-17-5-4-15-12(16)11-10(14)8-3-2-7(13)6-9(8)18-11/h2-3,6H,4-5,14H2,1H3,(H,15,16). The van der Waals surface area contributed by atoms with Crippen molar-refractivity contribution in [3.8, 4) is 0 Å². The number of anilines is 1. The highest BCUT2D eigenvalue weighted by atomic mass is 35.5. The molecule has 0 aliphatic heterocycles. The summed E-state index contributed by atoms with van der Waals surface area (Å²) in [6, 6.07) is 5.40. The highest BCUT2D eigenvalue weighted by Crippen LogP contribution is 2.34. The average Bonchev–Trinajstić information content (AvgIpc) is 2.66. The van der Waals surface area contributed by atoms with Gasteiger partial charge < -0.3 is 15.8 Å². The van der Waals surface area contributed by atoms with E-state index in [1.54, 1.807) is 13.2 Å². The molecule has 0 saturated carbocycles. The van der Waals surface area contributed by atoms with Crippen LogP contribution < -0.4 is 11.1 Å². The number of halogens is 1. The quantitative estimate of drug-likeness (QED) is 0.848. The number of thiophene rings is 1. The molecular weight excluding hydrogens is 272 g/mol. The van der Waals surface area contributed by atoms with E-state index < -0.39 is 0 Å². The summed E-state index contributed by atoms with van der Waals surface area (Å²) in [6.07, 6.45) is 0. The molecule has 0 bridgehead atoms. The Bertz CT molecular complexity index is 583. The number of methoxy groups -OCH3 is 1. The predicted octanol–water partition coefficient (Wildman–Crippen LogP) is 2.51. The molecule has 0 spiro atoms. The van der Waals surface area contributed by atoms with Gasteiger partial charge in [-0.1, -0.05) is 11.6 Å². The third-order valence-corrected chi connectivity index (χ3v) is 3.89. The maximum atomic E-state index is 11.9. The van der Waals surface area contributed by atoms with Gasteiger partial charge in [-0.05, 0) is 18.2 Å². The molecule has 0 aliphatic carbocycles. The van der Waals surface area contributed by atoms with Crippen LogP contribution in [-0.2, 0) is 4.74 Å². The number of carbonyl (C=O) groups excluding carboxylic acids is 1. The maximum absolute atomic E-state index is 11.9. The van der Waals surface area contributed by atoms with Crippen molar-refractivity contribution in [3.63, 3.8) is 0 Å². The van der Waals surface area contributed by atoms with Gasteiger partial charge in [0.15, 0.2) is 0 Å². The third kappa shape index (κ3) is 2.58. The van der Waals surface area contributed by atoms with Gasteiger partial charge in [0.1, 0.15) is 4.88 Å². The Kier molecular flexibility index (Phi) is 4.06. The number of benzene rings is 1. The molecule has 0 radical (unpaired) electrons. The fraction of sp³-hybridized carbons (Fsp3) is 0.250. The SMILES string of the molecule is COCCNC(=O)c1sc2cc(Cl)ccc2c1N. The van der Waals surface area contributed by atoms with Crippen LogP contribution in [0.5, 0.6) is 0 Å². The van der Waals surface area contributed by atoms with Gasteiger partial charge in [-0.2, -0.15) is 0 Å². The summed E-state index contributed by atoms with van der Waals surface area (Å²) in [5.41, 5.74) is 6.47. The van der Waals surface area contributed by atoms with Crippen molar-refractivity contribution in [1.82, 2.24) is 5.32 Å². The van der Waals surface area contributed by atoms with E-state index >= 15 is 0 Å². The minimum absolute atomic E-state index is 0.179. The molecule has 6 heteroatoms. The van der Waals surface area contributed by atoms with Crippen LogP contribution in [0.4, 0.5) is 5.69 Å². The molecule has 0 aliphatic rings. The number of ether oxygens (including phenoxy) is 1. The van der Waals surface area contributed by atoms with E-state index in [4.69, 9.17) is 22.1 Å². The third-order valence-electron chi connectivity index (χ3n) is 2.49. The normalized spacial score (nSPS) is 10.8. The van der Waals surface area contributed by atoms with Crippen LogP contribution in [0.25, 0.3) is 10.1 Å². The Morgan fingerprint density at radius 3 is 3.06 bits per heavy atom. The van der Waals surface area contributed by atoms with Crippen molar-refractivity contribution in [2.75, 3.05) is 26.0 Å². The second kappa shape index (κ2) is 5.56. The molecule has 0 atom stereocenters. The summed E-state index contributed by atoms with van der Waals surface area (Å²) in [7, 11) is 1.59. The zero-order valence-electron chi connectivity index (χ0n) is 9.83. The Labute approximate surface area is 114 Å². The first-order chi connectivity index (χ1) is 8.63. The Morgan fingerprint density at radius 1 is 1.56 bits per heavy atom. The van der Waals surface area contributed by atoms with Crippen LogP contribution in [0.15, 0.2) is 18.2 Å². The van der Waals surface area contributed by atoms with Gasteiger partial charge in [0.25, 0.3) is 5.91 Å². The minimum atomic E-state index is -0.179. The molecule has 1 aromatic carbocycles. The zero-order chi connectivity index (χ0) is 13.1. The molecule has 3 N–H and O–H groups in total. The summed E-state index contributed by atoms with van der Waals surface area (Å²) in [5.74, 6) is -0.179. The summed E-state index contributed by atoms with van der Waals surface area (Å²) < 4.78 is 5.79. The van der Waals surface area contributed by atoms with Gasteiger partial charge in [-0.25, -0.2) is 0 Å². The van der Waals surface area contributed by atoms with Crippen molar-refractivity contribution in [1.29, 1.82) is 0 Å². The highest BCUT2D eigenvalue weighted by molar-refractivity contribution is 7.21. The summed E-state index contributed by atoms with van der Waals surface area (Å²) >= 11 is 7.25. The first-order valence-electron chi connectivity index (χ1n) is 5.38. The number of fused-ring (bicyclic) bond motifs is 1. The molecule has 4 nitrogen and oxygen atoms in total. The van der Waals surface area contributed by atoms with E-state index in [0.717, 1.165) is 10.1 Å². The number of rotatable bonds is 4. The Hall–Kier alpha value is -1.30. The Balaban J connectivity index is 2.28. The topological polar surface area (TPSA) is 64.3 Å². The van der Waals surface area contributed by atoms with Gasteiger partial charge in [-0.15, -0.1) is 11.3 Å². The van der Waals surface area contributed by atoms with Crippen LogP contribution in [0.1, 0.15) is 9.67 Å². The molecule has 0 saturated heterocycles. The van der Waals surface area contributed by atoms with Gasteiger partial charge in [0, 0.05) is 28.8 Å². The van der Waals surface area contributed by atoms with E-state index in [-0.39, 0.29) is 5.91 Å². The van der Waals surface area contributed by atoms with Gasteiger partial charge in [0.2, 0.25) is 0 Å². The van der Waals surface area contributed by atoms with Crippen molar-refractivity contribution < 1.29 is 9.53 Å². The molecule has 2 rings (SSSR count). The second-order valence-corrected chi connectivity index (χ2v) is 5.22. The second-order valence-electron chi connectivity index (χ2n) is 3.73. The summed E-state index contributed by atoms with van der Waals surface area (Å²) in [5, 5.41) is 4.25. The first-order valence-corrected chi connectivity index (χ1v) is 6.57. The lowest BCUT2D eigenvalue weighted by atomic mass is 10.2. The van der Waals surface area contributed by atoms with Gasteiger partial charge in [0.05, 0.1) is 12.3 Å². The van der Waals surface area contributed by atoms with Crippen molar-refractivity contribution in [2.24, 2.45) is 0 Å². The largest absolute Gasteiger partial charge is 0.397 e. The van der Waals surface area contributed by atoms with Crippen LogP contribution in [0.3, 0.4) is 0 Å².